The van der Waals surface area contributed by atoms with Crippen LogP contribution in [0.4, 0.5) is 5.69 Å². The number of benzene rings is 2. The molecule has 3 N–H and O–H groups in total. The van der Waals surface area contributed by atoms with Crippen molar-refractivity contribution in [3.63, 3.8) is 0 Å². The molecule has 0 unspecified atom stereocenters. The van der Waals surface area contributed by atoms with Crippen molar-refractivity contribution in [1.29, 1.82) is 0 Å². The number of nitrogens with one attached hydrogen (secondary N) is 2. The van der Waals surface area contributed by atoms with Crippen LogP contribution in [0, 0.1) is 5.92 Å². The summed E-state index contributed by atoms with van der Waals surface area (Å²) in [6.07, 6.45) is 0. The van der Waals surface area contributed by atoms with Crippen LogP contribution in [0.15, 0.2) is 45.7 Å². The minimum Gasteiger partial charge on any atom is -0.480 e. The molecule has 2 aromatic carbocycles. The molecular weight excluding hydrogens is 406 g/mol. The molecule has 9 heteroatoms. The van der Waals surface area contributed by atoms with E-state index in [1.54, 1.807) is 19.9 Å². The predicted octanol–water partition coefficient (Wildman–Crippen LogP) is 2.38. The van der Waals surface area contributed by atoms with E-state index in [4.69, 9.17) is 4.42 Å². The maximum Gasteiger partial charge on any atom is 0.322 e. The molecule has 0 aliphatic carbocycles. The Balaban J connectivity index is 1.70. The molecule has 1 aromatic heterocycles. The molecule has 1 aliphatic heterocycles. The Morgan fingerprint density at radius 1 is 1.10 bits per heavy atom. The number of hydrogen-bond donors (Lipinski definition) is 3. The standard InChI is InChI=1S/C21H25N3O5S/c1-13(2)20(21(25)26)23-30(27,28)15-4-5-16-17-11-14(24-9-7-22-8-10-24)3-6-18(17)29-19(16)12-15/h3-6,11-13,20,22-23H,7-10H2,1-2H3,(H,25,26)/t20-/m0/s1. The van der Waals surface area contributed by atoms with Crippen LogP contribution in [0.3, 0.4) is 0 Å². The summed E-state index contributed by atoms with van der Waals surface area (Å²) in [6, 6.07) is 9.41. The third-order valence-electron chi connectivity index (χ3n) is 5.43. The third kappa shape index (κ3) is 3.88. The predicted molar refractivity (Wildman–Crippen MR) is 115 cm³/mol. The number of anilines is 1. The number of fused-ring (bicyclic) bond motifs is 3. The average molecular weight is 432 g/mol. The Labute approximate surface area is 174 Å². The highest BCUT2D eigenvalue weighted by Crippen LogP contribution is 2.33. The molecule has 3 aromatic rings. The fourth-order valence-electron chi connectivity index (χ4n) is 3.74. The van der Waals surface area contributed by atoms with Crippen molar-refractivity contribution in [3.05, 3.63) is 36.4 Å². The number of aliphatic carboxylic acids is 1. The van der Waals surface area contributed by atoms with Gasteiger partial charge >= 0.3 is 5.97 Å². The molecule has 160 valence electrons. The first-order valence-corrected chi connectivity index (χ1v) is 11.4. The zero-order valence-electron chi connectivity index (χ0n) is 16.9. The van der Waals surface area contributed by atoms with Gasteiger partial charge in [0.15, 0.2) is 0 Å². The van der Waals surface area contributed by atoms with Crippen LogP contribution in [0.1, 0.15) is 13.8 Å². The quantitative estimate of drug-likeness (QED) is 0.549. The van der Waals surface area contributed by atoms with Crippen LogP contribution in [0.25, 0.3) is 21.9 Å². The lowest BCUT2D eigenvalue weighted by Crippen LogP contribution is -2.44. The van der Waals surface area contributed by atoms with Gasteiger partial charge in [0.1, 0.15) is 17.2 Å². The highest BCUT2D eigenvalue weighted by Gasteiger charge is 2.28. The van der Waals surface area contributed by atoms with E-state index in [2.05, 4.69) is 21.0 Å². The van der Waals surface area contributed by atoms with E-state index in [1.807, 2.05) is 12.1 Å². The fourth-order valence-corrected chi connectivity index (χ4v) is 5.09. The molecule has 1 fully saturated rings. The lowest BCUT2D eigenvalue weighted by atomic mass is 10.1. The zero-order valence-corrected chi connectivity index (χ0v) is 17.7. The lowest BCUT2D eigenvalue weighted by Gasteiger charge is -2.29. The highest BCUT2D eigenvalue weighted by atomic mass is 32.2. The van der Waals surface area contributed by atoms with Crippen LogP contribution < -0.4 is 14.9 Å². The van der Waals surface area contributed by atoms with Gasteiger partial charge < -0.3 is 19.7 Å². The lowest BCUT2D eigenvalue weighted by molar-refractivity contribution is -0.140. The monoisotopic (exact) mass is 431 g/mol. The smallest absolute Gasteiger partial charge is 0.322 e. The number of rotatable bonds is 6. The van der Waals surface area contributed by atoms with E-state index in [0.29, 0.717) is 11.2 Å². The van der Waals surface area contributed by atoms with E-state index in [0.717, 1.165) is 42.6 Å². The molecule has 8 nitrogen and oxygen atoms in total. The molecule has 1 saturated heterocycles. The molecule has 0 saturated carbocycles. The van der Waals surface area contributed by atoms with Crippen molar-refractivity contribution in [2.75, 3.05) is 31.1 Å². The molecular formula is C21H25N3O5S. The highest BCUT2D eigenvalue weighted by molar-refractivity contribution is 7.89. The van der Waals surface area contributed by atoms with E-state index in [-0.39, 0.29) is 4.90 Å². The summed E-state index contributed by atoms with van der Waals surface area (Å²) in [4.78, 5) is 13.7. The van der Waals surface area contributed by atoms with Gasteiger partial charge in [0.2, 0.25) is 10.0 Å². The summed E-state index contributed by atoms with van der Waals surface area (Å²) in [5, 5.41) is 14.4. The van der Waals surface area contributed by atoms with Gasteiger partial charge in [-0.3, -0.25) is 4.79 Å². The summed E-state index contributed by atoms with van der Waals surface area (Å²) in [7, 11) is -4.01. The van der Waals surface area contributed by atoms with Gasteiger partial charge in [0, 0.05) is 48.7 Å². The topological polar surface area (TPSA) is 112 Å². The summed E-state index contributed by atoms with van der Waals surface area (Å²) >= 11 is 0. The van der Waals surface area contributed by atoms with Crippen molar-refractivity contribution < 1.29 is 22.7 Å². The second-order valence-corrected chi connectivity index (χ2v) is 9.57. The number of nitrogens with zero attached hydrogens (tertiary/aromatic N) is 1. The number of carbonyl (C=O) groups is 1. The van der Waals surface area contributed by atoms with Crippen molar-refractivity contribution in [2.24, 2.45) is 5.92 Å². The van der Waals surface area contributed by atoms with Crippen molar-refractivity contribution >= 4 is 43.6 Å². The van der Waals surface area contributed by atoms with Gasteiger partial charge in [0.05, 0.1) is 4.90 Å². The molecule has 30 heavy (non-hydrogen) atoms. The number of hydrogen-bond acceptors (Lipinski definition) is 6. The Bertz CT molecular complexity index is 1200. The van der Waals surface area contributed by atoms with Crippen LogP contribution in [-0.2, 0) is 14.8 Å². The van der Waals surface area contributed by atoms with Gasteiger partial charge in [-0.2, -0.15) is 4.72 Å². The number of piperazine rings is 1. The van der Waals surface area contributed by atoms with Gasteiger partial charge in [-0.05, 0) is 36.2 Å². The van der Waals surface area contributed by atoms with Gasteiger partial charge in [0.25, 0.3) is 0 Å². The first-order chi connectivity index (χ1) is 14.3. The largest absolute Gasteiger partial charge is 0.480 e. The molecule has 0 spiro atoms. The minimum atomic E-state index is -4.01. The molecule has 1 aliphatic rings. The Kier molecular flexibility index (Phi) is 5.44. The number of carboxylic acids is 1. The number of sulfonamides is 1. The molecule has 1 atom stereocenters. The fraction of sp³-hybridized carbons (Fsp3) is 0.381. The van der Waals surface area contributed by atoms with Crippen molar-refractivity contribution in [2.45, 2.75) is 24.8 Å². The van der Waals surface area contributed by atoms with Crippen molar-refractivity contribution in [3.8, 4) is 0 Å². The Hall–Kier alpha value is -2.62. The molecule has 4 rings (SSSR count). The maximum atomic E-state index is 12.7. The van der Waals surface area contributed by atoms with Crippen LogP contribution in [0.5, 0.6) is 0 Å². The first-order valence-electron chi connectivity index (χ1n) is 9.93. The average Bonchev–Trinajstić information content (AvgIpc) is 3.09. The molecule has 0 amide bonds. The second kappa shape index (κ2) is 7.90. The van der Waals surface area contributed by atoms with E-state index in [9.17, 15) is 18.3 Å². The van der Waals surface area contributed by atoms with Crippen LogP contribution in [-0.4, -0.2) is 51.7 Å². The summed E-state index contributed by atoms with van der Waals surface area (Å²) in [5.41, 5.74) is 2.23. The van der Waals surface area contributed by atoms with Crippen molar-refractivity contribution in [1.82, 2.24) is 10.0 Å². The van der Waals surface area contributed by atoms with Gasteiger partial charge in [-0.15, -0.1) is 0 Å². The summed E-state index contributed by atoms with van der Waals surface area (Å²) in [5.74, 6) is -1.60. The normalized spacial score (nSPS) is 16.4. The van der Waals surface area contributed by atoms with Crippen LogP contribution >= 0.6 is 0 Å². The van der Waals surface area contributed by atoms with Gasteiger partial charge in [-0.25, -0.2) is 8.42 Å². The molecule has 0 bridgehead atoms. The maximum absolute atomic E-state index is 12.7. The minimum absolute atomic E-state index is 0.0247. The van der Waals surface area contributed by atoms with Crippen LogP contribution in [0.2, 0.25) is 0 Å². The Morgan fingerprint density at radius 2 is 1.83 bits per heavy atom. The summed E-state index contributed by atoms with van der Waals surface area (Å²) in [6.45, 7) is 7.03. The SMILES string of the molecule is CC(C)[C@H](NS(=O)(=O)c1ccc2c(c1)oc1ccc(N3CCNCC3)cc12)C(=O)O. The van der Waals surface area contributed by atoms with Gasteiger partial charge in [-0.1, -0.05) is 13.8 Å². The van der Waals surface area contributed by atoms with E-state index < -0.39 is 28.0 Å². The Morgan fingerprint density at radius 3 is 2.50 bits per heavy atom. The second-order valence-electron chi connectivity index (χ2n) is 7.86. The van der Waals surface area contributed by atoms with E-state index >= 15 is 0 Å². The first kappa shape index (κ1) is 20.6. The molecule has 2 heterocycles. The number of furan rings is 1. The third-order valence-corrected chi connectivity index (χ3v) is 6.87. The summed E-state index contributed by atoms with van der Waals surface area (Å²) < 4.78 is 33.7. The zero-order chi connectivity index (χ0) is 21.5. The van der Waals surface area contributed by atoms with E-state index in [1.165, 1.54) is 12.1 Å². The molecule has 0 radical (unpaired) electrons. The number of carboxylic acid groups (broad SMARTS) is 1.